The first kappa shape index (κ1) is 15.0. The van der Waals surface area contributed by atoms with E-state index in [9.17, 15) is 9.90 Å². The van der Waals surface area contributed by atoms with Crippen molar-refractivity contribution in [3.63, 3.8) is 0 Å². The minimum Gasteiger partial charge on any atom is -0.461 e. The number of nitrogens with zero attached hydrogens (tertiary/aromatic N) is 3. The molecule has 1 unspecified atom stereocenters. The lowest BCUT2D eigenvalue weighted by Gasteiger charge is -2.27. The number of hydrogen-bond donors (Lipinski definition) is 1. The van der Waals surface area contributed by atoms with Gasteiger partial charge < -0.3 is 14.4 Å². The van der Waals surface area contributed by atoms with E-state index in [4.69, 9.17) is 4.42 Å². The van der Waals surface area contributed by atoms with E-state index in [1.807, 2.05) is 40.8 Å². The second-order valence-corrected chi connectivity index (χ2v) is 6.30. The van der Waals surface area contributed by atoms with Gasteiger partial charge in [0.05, 0.1) is 30.6 Å². The van der Waals surface area contributed by atoms with Gasteiger partial charge in [0, 0.05) is 17.5 Å². The van der Waals surface area contributed by atoms with E-state index in [2.05, 4.69) is 5.10 Å². The maximum atomic E-state index is 12.8. The summed E-state index contributed by atoms with van der Waals surface area (Å²) in [6.07, 6.45) is -0.598. The molecule has 0 saturated heterocycles. The van der Waals surface area contributed by atoms with Crippen molar-refractivity contribution < 1.29 is 14.3 Å². The molecule has 0 radical (unpaired) electrons. The monoisotopic (exact) mass is 325 g/mol. The van der Waals surface area contributed by atoms with Crippen LogP contribution in [0, 0.1) is 6.92 Å². The summed E-state index contributed by atoms with van der Waals surface area (Å²) >= 11 is 0. The third-order valence-corrected chi connectivity index (χ3v) is 4.42. The highest BCUT2D eigenvalue weighted by molar-refractivity contribution is 5.97. The molecule has 0 fully saturated rings. The van der Waals surface area contributed by atoms with Gasteiger partial charge in [-0.05, 0) is 44.2 Å². The maximum absolute atomic E-state index is 12.8. The van der Waals surface area contributed by atoms with Crippen LogP contribution in [0.2, 0.25) is 0 Å². The fraction of sp³-hybridized carbons (Fsp3) is 0.333. The maximum Gasteiger partial charge on any atom is 0.254 e. The average molecular weight is 325 g/mol. The predicted octanol–water partition coefficient (Wildman–Crippen LogP) is 2.65. The Morgan fingerprint density at radius 3 is 2.92 bits per heavy atom. The normalized spacial score (nSPS) is 15.5. The summed E-state index contributed by atoms with van der Waals surface area (Å²) in [5.41, 5.74) is 3.05. The van der Waals surface area contributed by atoms with Crippen molar-refractivity contribution in [1.82, 2.24) is 14.7 Å². The highest BCUT2D eigenvalue weighted by atomic mass is 16.3. The summed E-state index contributed by atoms with van der Waals surface area (Å²) in [5.74, 6) is 0.837. The molecule has 24 heavy (non-hydrogen) atoms. The minimum atomic E-state index is -0.598. The van der Waals surface area contributed by atoms with E-state index in [1.165, 1.54) is 0 Å². The third kappa shape index (κ3) is 2.49. The molecule has 0 spiro atoms. The van der Waals surface area contributed by atoms with Crippen LogP contribution in [0.5, 0.6) is 0 Å². The van der Waals surface area contributed by atoms with Gasteiger partial charge in [0.2, 0.25) is 0 Å². The lowest BCUT2D eigenvalue weighted by atomic mass is 10.1. The highest BCUT2D eigenvalue weighted by Gasteiger charge is 2.24. The SMILES string of the molecule is Cc1cc2cc(C(=O)N3CCn4nc(C(C)O)cc4C3)ccc2o1. The Morgan fingerprint density at radius 2 is 2.12 bits per heavy atom. The second kappa shape index (κ2) is 5.49. The summed E-state index contributed by atoms with van der Waals surface area (Å²) in [6.45, 7) is 5.34. The molecule has 0 aliphatic carbocycles. The molecule has 1 N–H and O–H groups in total. The van der Waals surface area contributed by atoms with E-state index in [0.29, 0.717) is 30.9 Å². The van der Waals surface area contributed by atoms with E-state index < -0.39 is 6.10 Å². The number of aliphatic hydroxyl groups excluding tert-OH is 1. The van der Waals surface area contributed by atoms with Gasteiger partial charge in [-0.1, -0.05) is 0 Å². The number of furan rings is 1. The van der Waals surface area contributed by atoms with Crippen LogP contribution in [-0.2, 0) is 13.1 Å². The Hall–Kier alpha value is -2.60. The topological polar surface area (TPSA) is 71.5 Å². The number of aromatic nitrogens is 2. The molecule has 6 heteroatoms. The number of benzene rings is 1. The molecule has 0 saturated carbocycles. The van der Waals surface area contributed by atoms with Crippen LogP contribution in [0.4, 0.5) is 0 Å². The molecule has 0 bridgehead atoms. The summed E-state index contributed by atoms with van der Waals surface area (Å²) in [4.78, 5) is 14.6. The fourth-order valence-corrected chi connectivity index (χ4v) is 3.16. The number of rotatable bonds is 2. The number of fused-ring (bicyclic) bond motifs is 2. The zero-order valence-electron chi connectivity index (χ0n) is 13.7. The first-order valence-corrected chi connectivity index (χ1v) is 8.05. The van der Waals surface area contributed by atoms with Gasteiger partial charge in [0.1, 0.15) is 11.3 Å². The quantitative estimate of drug-likeness (QED) is 0.786. The first-order chi connectivity index (χ1) is 11.5. The van der Waals surface area contributed by atoms with Crippen LogP contribution < -0.4 is 0 Å². The zero-order chi connectivity index (χ0) is 16.8. The lowest BCUT2D eigenvalue weighted by molar-refractivity contribution is 0.0706. The van der Waals surface area contributed by atoms with Crippen LogP contribution in [0.15, 0.2) is 34.7 Å². The zero-order valence-corrected chi connectivity index (χ0v) is 13.7. The molecular formula is C18H19N3O3. The Labute approximate surface area is 139 Å². The van der Waals surface area contributed by atoms with Crippen molar-refractivity contribution in [2.75, 3.05) is 6.54 Å². The minimum absolute atomic E-state index is 0.00167. The molecule has 1 aliphatic heterocycles. The molecule has 3 aromatic rings. The fourth-order valence-electron chi connectivity index (χ4n) is 3.16. The van der Waals surface area contributed by atoms with Crippen LogP contribution in [0.1, 0.15) is 40.5 Å². The van der Waals surface area contributed by atoms with Crippen molar-refractivity contribution in [2.24, 2.45) is 0 Å². The second-order valence-electron chi connectivity index (χ2n) is 6.30. The number of carbonyl (C=O) groups is 1. The van der Waals surface area contributed by atoms with Crippen LogP contribution in [-0.4, -0.2) is 32.2 Å². The molecule has 4 rings (SSSR count). The van der Waals surface area contributed by atoms with E-state index in [1.54, 1.807) is 13.0 Å². The molecule has 1 atom stereocenters. The van der Waals surface area contributed by atoms with E-state index in [0.717, 1.165) is 22.4 Å². The van der Waals surface area contributed by atoms with Crippen molar-refractivity contribution in [3.8, 4) is 0 Å². The van der Waals surface area contributed by atoms with Crippen LogP contribution >= 0.6 is 0 Å². The molecule has 6 nitrogen and oxygen atoms in total. The predicted molar refractivity (Wildman–Crippen MR) is 88.6 cm³/mol. The average Bonchev–Trinajstić information content (AvgIpc) is 3.14. The molecule has 1 aliphatic rings. The first-order valence-electron chi connectivity index (χ1n) is 8.05. The van der Waals surface area contributed by atoms with Crippen molar-refractivity contribution in [1.29, 1.82) is 0 Å². The molecule has 1 amide bonds. The third-order valence-electron chi connectivity index (χ3n) is 4.42. The Balaban J connectivity index is 1.59. The summed E-state index contributed by atoms with van der Waals surface area (Å²) in [7, 11) is 0. The van der Waals surface area contributed by atoms with Gasteiger partial charge in [-0.25, -0.2) is 0 Å². The Bertz CT molecular complexity index is 923. The van der Waals surface area contributed by atoms with Gasteiger partial charge in [0.25, 0.3) is 5.91 Å². The number of aliphatic hydroxyl groups is 1. The van der Waals surface area contributed by atoms with Gasteiger partial charge in [-0.3, -0.25) is 9.48 Å². The smallest absolute Gasteiger partial charge is 0.254 e. The summed E-state index contributed by atoms with van der Waals surface area (Å²) in [5, 5.41) is 15.0. The van der Waals surface area contributed by atoms with Crippen molar-refractivity contribution in [2.45, 2.75) is 33.0 Å². The van der Waals surface area contributed by atoms with Gasteiger partial charge >= 0.3 is 0 Å². The lowest BCUT2D eigenvalue weighted by Crippen LogP contribution is -2.38. The Morgan fingerprint density at radius 1 is 1.29 bits per heavy atom. The standard InChI is InChI=1S/C18H19N3O3/c1-11-7-14-8-13(3-4-17(14)24-11)18(23)20-5-6-21-15(10-20)9-16(19-21)12(2)22/h3-4,7-9,12,22H,5-6,10H2,1-2H3. The van der Waals surface area contributed by atoms with Crippen LogP contribution in [0.25, 0.3) is 11.0 Å². The van der Waals surface area contributed by atoms with E-state index in [-0.39, 0.29) is 5.91 Å². The van der Waals surface area contributed by atoms with Gasteiger partial charge in [-0.15, -0.1) is 0 Å². The highest BCUT2D eigenvalue weighted by Crippen LogP contribution is 2.23. The number of carbonyl (C=O) groups excluding carboxylic acids is 1. The van der Waals surface area contributed by atoms with E-state index >= 15 is 0 Å². The largest absolute Gasteiger partial charge is 0.461 e. The van der Waals surface area contributed by atoms with Gasteiger partial charge in [0.15, 0.2) is 0 Å². The number of hydrogen-bond acceptors (Lipinski definition) is 4. The van der Waals surface area contributed by atoms with Crippen LogP contribution in [0.3, 0.4) is 0 Å². The van der Waals surface area contributed by atoms with Gasteiger partial charge in [-0.2, -0.15) is 5.10 Å². The Kier molecular flexibility index (Phi) is 3.42. The molecule has 1 aromatic carbocycles. The van der Waals surface area contributed by atoms with Crippen molar-refractivity contribution >= 4 is 16.9 Å². The summed E-state index contributed by atoms with van der Waals surface area (Å²) < 4.78 is 7.43. The summed E-state index contributed by atoms with van der Waals surface area (Å²) in [6, 6.07) is 9.33. The van der Waals surface area contributed by atoms with Crippen molar-refractivity contribution in [3.05, 3.63) is 53.0 Å². The molecule has 2 aromatic heterocycles. The molecule has 124 valence electrons. The molecular weight excluding hydrogens is 306 g/mol. The molecule has 3 heterocycles. The number of aryl methyl sites for hydroxylation is 1. The number of amides is 1.